The van der Waals surface area contributed by atoms with Gasteiger partial charge < -0.3 is 15.3 Å². The van der Waals surface area contributed by atoms with Gasteiger partial charge >= 0.3 is 12.0 Å². The molecular formula is C14H17BrN2O3. The number of benzene rings is 1. The third kappa shape index (κ3) is 3.96. The van der Waals surface area contributed by atoms with Crippen molar-refractivity contribution in [3.63, 3.8) is 0 Å². The molecule has 0 spiro atoms. The summed E-state index contributed by atoms with van der Waals surface area (Å²) in [7, 11) is 0. The van der Waals surface area contributed by atoms with Crippen LogP contribution in [0.1, 0.15) is 18.4 Å². The first-order valence-electron chi connectivity index (χ1n) is 6.54. The molecule has 1 aromatic carbocycles. The zero-order valence-electron chi connectivity index (χ0n) is 11.0. The number of carbonyl (C=O) groups excluding carboxylic acids is 1. The van der Waals surface area contributed by atoms with Crippen LogP contribution in [0.25, 0.3) is 0 Å². The number of carboxylic acids is 1. The van der Waals surface area contributed by atoms with Crippen LogP contribution in [0.5, 0.6) is 0 Å². The highest BCUT2D eigenvalue weighted by Gasteiger charge is 2.27. The molecule has 0 radical (unpaired) electrons. The molecule has 0 saturated carbocycles. The lowest BCUT2D eigenvalue weighted by molar-refractivity contribution is -0.138. The molecule has 1 fully saturated rings. The fourth-order valence-corrected chi connectivity index (χ4v) is 2.78. The highest BCUT2D eigenvalue weighted by atomic mass is 79.9. The topological polar surface area (TPSA) is 69.6 Å². The van der Waals surface area contributed by atoms with E-state index < -0.39 is 5.97 Å². The molecule has 0 aliphatic carbocycles. The van der Waals surface area contributed by atoms with Crippen LogP contribution in [0.4, 0.5) is 4.79 Å². The fraction of sp³-hybridized carbons (Fsp3) is 0.429. The predicted molar refractivity (Wildman–Crippen MR) is 78.3 cm³/mol. The minimum atomic E-state index is -0.800. The van der Waals surface area contributed by atoms with Gasteiger partial charge in [0, 0.05) is 30.5 Å². The van der Waals surface area contributed by atoms with Crippen LogP contribution < -0.4 is 5.32 Å². The van der Waals surface area contributed by atoms with E-state index in [1.807, 2.05) is 24.3 Å². The predicted octanol–water partition coefficient (Wildman–Crippen LogP) is 2.46. The van der Waals surface area contributed by atoms with Gasteiger partial charge in [0.25, 0.3) is 0 Å². The summed E-state index contributed by atoms with van der Waals surface area (Å²) in [6.45, 7) is 1.61. The SMILES string of the molecule is O=C(O)CC1CCN(C(=O)NCc2ccccc2Br)C1. The van der Waals surface area contributed by atoms with Crippen molar-refractivity contribution in [2.45, 2.75) is 19.4 Å². The molecule has 1 unspecified atom stereocenters. The van der Waals surface area contributed by atoms with Crippen LogP contribution in [-0.4, -0.2) is 35.1 Å². The van der Waals surface area contributed by atoms with E-state index in [-0.39, 0.29) is 18.4 Å². The van der Waals surface area contributed by atoms with Crippen LogP contribution in [0.15, 0.2) is 28.7 Å². The largest absolute Gasteiger partial charge is 0.481 e. The van der Waals surface area contributed by atoms with Gasteiger partial charge in [-0.25, -0.2) is 4.79 Å². The summed E-state index contributed by atoms with van der Waals surface area (Å²) in [5.74, 6) is -0.729. The van der Waals surface area contributed by atoms with Crippen LogP contribution in [0, 0.1) is 5.92 Å². The van der Waals surface area contributed by atoms with E-state index in [1.165, 1.54) is 0 Å². The second kappa shape index (κ2) is 6.74. The molecule has 2 amide bonds. The van der Waals surface area contributed by atoms with E-state index in [0.29, 0.717) is 19.6 Å². The third-order valence-corrected chi connectivity index (χ3v) is 4.20. The molecule has 2 rings (SSSR count). The first-order valence-corrected chi connectivity index (χ1v) is 7.33. The normalized spacial score (nSPS) is 18.1. The number of nitrogens with zero attached hydrogens (tertiary/aromatic N) is 1. The van der Waals surface area contributed by atoms with Crippen molar-refractivity contribution in [3.05, 3.63) is 34.3 Å². The second-order valence-corrected chi connectivity index (χ2v) is 5.80. The second-order valence-electron chi connectivity index (χ2n) is 4.95. The van der Waals surface area contributed by atoms with Crippen molar-refractivity contribution in [1.29, 1.82) is 0 Å². The number of hydrogen-bond acceptors (Lipinski definition) is 2. The zero-order valence-corrected chi connectivity index (χ0v) is 12.6. The van der Waals surface area contributed by atoms with Gasteiger partial charge in [-0.1, -0.05) is 34.1 Å². The Hall–Kier alpha value is -1.56. The maximum atomic E-state index is 12.0. The molecule has 1 aliphatic heterocycles. The van der Waals surface area contributed by atoms with E-state index in [0.717, 1.165) is 16.5 Å². The van der Waals surface area contributed by atoms with E-state index in [9.17, 15) is 9.59 Å². The Morgan fingerprint density at radius 3 is 2.85 bits per heavy atom. The number of urea groups is 1. The molecule has 1 saturated heterocycles. The van der Waals surface area contributed by atoms with Crippen LogP contribution in [0.3, 0.4) is 0 Å². The lowest BCUT2D eigenvalue weighted by Gasteiger charge is -2.17. The molecule has 1 heterocycles. The molecule has 20 heavy (non-hydrogen) atoms. The molecule has 0 aromatic heterocycles. The summed E-state index contributed by atoms with van der Waals surface area (Å²) >= 11 is 3.44. The Balaban J connectivity index is 1.81. The first-order chi connectivity index (χ1) is 9.56. The van der Waals surface area contributed by atoms with Gasteiger partial charge in [-0.05, 0) is 24.0 Å². The van der Waals surface area contributed by atoms with Crippen molar-refractivity contribution in [2.75, 3.05) is 13.1 Å². The lowest BCUT2D eigenvalue weighted by atomic mass is 10.1. The Kier molecular flexibility index (Phi) is 5.00. The molecule has 1 atom stereocenters. The van der Waals surface area contributed by atoms with Crippen molar-refractivity contribution in [3.8, 4) is 0 Å². The lowest BCUT2D eigenvalue weighted by Crippen LogP contribution is -2.38. The first kappa shape index (κ1) is 14.8. The van der Waals surface area contributed by atoms with Crippen molar-refractivity contribution >= 4 is 27.9 Å². The Morgan fingerprint density at radius 1 is 1.40 bits per heavy atom. The van der Waals surface area contributed by atoms with Gasteiger partial charge in [-0.3, -0.25) is 4.79 Å². The third-order valence-electron chi connectivity index (χ3n) is 3.42. The van der Waals surface area contributed by atoms with Gasteiger partial charge in [0.15, 0.2) is 0 Å². The van der Waals surface area contributed by atoms with Crippen molar-refractivity contribution < 1.29 is 14.7 Å². The molecular weight excluding hydrogens is 324 g/mol. The number of amides is 2. The number of likely N-dealkylation sites (tertiary alicyclic amines) is 1. The Bertz CT molecular complexity index is 507. The Morgan fingerprint density at radius 2 is 2.15 bits per heavy atom. The van der Waals surface area contributed by atoms with E-state index in [1.54, 1.807) is 4.90 Å². The van der Waals surface area contributed by atoms with Gasteiger partial charge in [-0.15, -0.1) is 0 Å². The minimum absolute atomic E-state index is 0.0710. The monoisotopic (exact) mass is 340 g/mol. The van der Waals surface area contributed by atoms with E-state index in [4.69, 9.17) is 5.11 Å². The minimum Gasteiger partial charge on any atom is -0.481 e. The number of carboxylic acid groups (broad SMARTS) is 1. The molecule has 1 aromatic rings. The molecule has 6 heteroatoms. The van der Waals surface area contributed by atoms with Crippen molar-refractivity contribution in [2.24, 2.45) is 5.92 Å². The highest BCUT2D eigenvalue weighted by molar-refractivity contribution is 9.10. The quantitative estimate of drug-likeness (QED) is 0.884. The van der Waals surface area contributed by atoms with E-state index in [2.05, 4.69) is 21.2 Å². The highest BCUT2D eigenvalue weighted by Crippen LogP contribution is 2.20. The molecule has 0 bridgehead atoms. The molecule has 5 nitrogen and oxygen atoms in total. The maximum absolute atomic E-state index is 12.0. The van der Waals surface area contributed by atoms with Crippen LogP contribution in [0.2, 0.25) is 0 Å². The molecule has 1 aliphatic rings. The fourth-order valence-electron chi connectivity index (χ4n) is 2.36. The summed E-state index contributed by atoms with van der Waals surface area (Å²) < 4.78 is 0.963. The molecule has 108 valence electrons. The maximum Gasteiger partial charge on any atom is 0.317 e. The van der Waals surface area contributed by atoms with Crippen LogP contribution >= 0.6 is 15.9 Å². The number of aliphatic carboxylic acids is 1. The van der Waals surface area contributed by atoms with Gasteiger partial charge in [0.2, 0.25) is 0 Å². The number of nitrogens with one attached hydrogen (secondary N) is 1. The average Bonchev–Trinajstić information content (AvgIpc) is 2.85. The van der Waals surface area contributed by atoms with Crippen molar-refractivity contribution in [1.82, 2.24) is 10.2 Å². The smallest absolute Gasteiger partial charge is 0.317 e. The zero-order chi connectivity index (χ0) is 14.5. The van der Waals surface area contributed by atoms with Gasteiger partial charge in [-0.2, -0.15) is 0 Å². The van der Waals surface area contributed by atoms with Gasteiger partial charge in [0.1, 0.15) is 0 Å². The summed E-state index contributed by atoms with van der Waals surface area (Å²) in [6.07, 6.45) is 0.892. The number of carbonyl (C=O) groups is 2. The number of halogens is 1. The van der Waals surface area contributed by atoms with Gasteiger partial charge in [0.05, 0.1) is 0 Å². The number of rotatable bonds is 4. The van der Waals surface area contributed by atoms with E-state index >= 15 is 0 Å². The summed E-state index contributed by atoms with van der Waals surface area (Å²) in [6, 6.07) is 7.59. The summed E-state index contributed by atoms with van der Waals surface area (Å²) in [5.41, 5.74) is 1.02. The summed E-state index contributed by atoms with van der Waals surface area (Å²) in [4.78, 5) is 24.4. The molecule has 2 N–H and O–H groups in total. The average molecular weight is 341 g/mol. The Labute approximate surface area is 126 Å². The summed E-state index contributed by atoms with van der Waals surface area (Å²) in [5, 5.41) is 11.6. The van der Waals surface area contributed by atoms with Crippen LogP contribution in [-0.2, 0) is 11.3 Å². The number of hydrogen-bond donors (Lipinski definition) is 2. The standard InChI is InChI=1S/C14H17BrN2O3/c15-12-4-2-1-3-11(12)8-16-14(20)17-6-5-10(9-17)7-13(18)19/h1-4,10H,5-9H2,(H,16,20)(H,18,19).